The molecule has 3 nitrogen and oxygen atoms in total. The van der Waals surface area contributed by atoms with E-state index in [2.05, 4.69) is 0 Å². The number of carbonyl (C=O) groups is 1. The van der Waals surface area contributed by atoms with Crippen molar-refractivity contribution in [2.45, 2.75) is 13.5 Å². The highest BCUT2D eigenvalue weighted by Crippen LogP contribution is 2.21. The predicted octanol–water partition coefficient (Wildman–Crippen LogP) is 4.24. The number of halogens is 2. The van der Waals surface area contributed by atoms with Gasteiger partial charge in [0.05, 0.1) is 5.56 Å². The lowest BCUT2D eigenvalue weighted by Gasteiger charge is -2.22. The standard InChI is InChI=1S/C16H16Cl2N2O/c1-2-20(10-11-4-3-5-12(17)8-11)16(21)14-9-13(18)6-7-15(14)19/h3-9H,2,10,19H2,1H3. The molecule has 0 aliphatic rings. The van der Waals surface area contributed by atoms with Gasteiger partial charge in [-0.05, 0) is 42.8 Å². The van der Waals surface area contributed by atoms with Crippen LogP contribution in [0.4, 0.5) is 5.69 Å². The molecule has 1 amide bonds. The monoisotopic (exact) mass is 322 g/mol. The van der Waals surface area contributed by atoms with E-state index in [1.165, 1.54) is 0 Å². The van der Waals surface area contributed by atoms with Crippen molar-refractivity contribution in [2.24, 2.45) is 0 Å². The minimum absolute atomic E-state index is 0.141. The summed E-state index contributed by atoms with van der Waals surface area (Å²) in [4.78, 5) is 14.3. The summed E-state index contributed by atoms with van der Waals surface area (Å²) in [6, 6.07) is 12.4. The molecule has 2 aromatic rings. The lowest BCUT2D eigenvalue weighted by molar-refractivity contribution is 0.0753. The third-order valence-electron chi connectivity index (χ3n) is 3.18. The molecule has 2 aromatic carbocycles. The zero-order valence-corrected chi connectivity index (χ0v) is 13.2. The fourth-order valence-electron chi connectivity index (χ4n) is 2.07. The summed E-state index contributed by atoms with van der Waals surface area (Å²) in [6.45, 7) is 2.96. The molecule has 0 saturated carbocycles. The summed E-state index contributed by atoms with van der Waals surface area (Å²) >= 11 is 11.9. The van der Waals surface area contributed by atoms with Gasteiger partial charge in [0.25, 0.3) is 5.91 Å². The summed E-state index contributed by atoms with van der Waals surface area (Å²) < 4.78 is 0. The first-order valence-corrected chi connectivity index (χ1v) is 7.35. The third kappa shape index (κ3) is 3.90. The number of hydrogen-bond acceptors (Lipinski definition) is 2. The van der Waals surface area contributed by atoms with E-state index in [0.717, 1.165) is 5.56 Å². The third-order valence-corrected chi connectivity index (χ3v) is 3.65. The summed E-state index contributed by atoms with van der Waals surface area (Å²) in [7, 11) is 0. The number of rotatable bonds is 4. The summed E-state index contributed by atoms with van der Waals surface area (Å²) in [5, 5.41) is 1.14. The Labute approximate surface area is 134 Å². The van der Waals surface area contributed by atoms with Gasteiger partial charge in [0.2, 0.25) is 0 Å². The van der Waals surface area contributed by atoms with Gasteiger partial charge in [0, 0.05) is 28.8 Å². The lowest BCUT2D eigenvalue weighted by Crippen LogP contribution is -2.30. The van der Waals surface area contributed by atoms with Crippen molar-refractivity contribution in [1.29, 1.82) is 0 Å². The molecule has 0 fully saturated rings. The largest absolute Gasteiger partial charge is 0.398 e. The van der Waals surface area contributed by atoms with Crippen LogP contribution in [0, 0.1) is 0 Å². The molecule has 0 aromatic heterocycles. The fraction of sp³-hybridized carbons (Fsp3) is 0.188. The maximum Gasteiger partial charge on any atom is 0.256 e. The molecule has 0 aliphatic heterocycles. The van der Waals surface area contributed by atoms with Crippen LogP contribution < -0.4 is 5.73 Å². The van der Waals surface area contributed by atoms with Crippen LogP contribution in [-0.4, -0.2) is 17.4 Å². The quantitative estimate of drug-likeness (QED) is 0.856. The molecule has 0 aliphatic carbocycles. The zero-order valence-electron chi connectivity index (χ0n) is 11.6. The van der Waals surface area contributed by atoms with Crippen LogP contribution in [0.5, 0.6) is 0 Å². The van der Waals surface area contributed by atoms with Gasteiger partial charge in [-0.1, -0.05) is 35.3 Å². The number of nitrogens with two attached hydrogens (primary N) is 1. The van der Waals surface area contributed by atoms with E-state index in [1.54, 1.807) is 29.2 Å². The van der Waals surface area contributed by atoms with Crippen molar-refractivity contribution in [3.05, 3.63) is 63.6 Å². The summed E-state index contributed by atoms with van der Waals surface area (Å²) in [5.41, 5.74) is 7.69. The number of amides is 1. The summed E-state index contributed by atoms with van der Waals surface area (Å²) in [5.74, 6) is -0.141. The molecule has 5 heteroatoms. The molecular weight excluding hydrogens is 307 g/mol. The van der Waals surface area contributed by atoms with E-state index in [9.17, 15) is 4.79 Å². The Morgan fingerprint density at radius 2 is 1.86 bits per heavy atom. The van der Waals surface area contributed by atoms with Crippen molar-refractivity contribution >= 4 is 34.8 Å². The molecule has 0 spiro atoms. The minimum atomic E-state index is -0.141. The first kappa shape index (κ1) is 15.7. The lowest BCUT2D eigenvalue weighted by atomic mass is 10.1. The molecular formula is C16H16Cl2N2O. The highest BCUT2D eigenvalue weighted by Gasteiger charge is 2.17. The molecule has 2 rings (SSSR count). The smallest absolute Gasteiger partial charge is 0.256 e. The normalized spacial score (nSPS) is 10.4. The second-order valence-electron chi connectivity index (χ2n) is 4.68. The first-order chi connectivity index (χ1) is 10.0. The van der Waals surface area contributed by atoms with E-state index in [4.69, 9.17) is 28.9 Å². The SMILES string of the molecule is CCN(Cc1cccc(Cl)c1)C(=O)c1cc(Cl)ccc1N. The number of hydrogen-bond donors (Lipinski definition) is 1. The van der Waals surface area contributed by atoms with Crippen molar-refractivity contribution in [2.75, 3.05) is 12.3 Å². The molecule has 21 heavy (non-hydrogen) atoms. The Morgan fingerprint density at radius 3 is 2.52 bits per heavy atom. The van der Waals surface area contributed by atoms with Gasteiger partial charge >= 0.3 is 0 Å². The predicted molar refractivity (Wildman–Crippen MR) is 87.7 cm³/mol. The van der Waals surface area contributed by atoms with Crippen molar-refractivity contribution in [3.63, 3.8) is 0 Å². The van der Waals surface area contributed by atoms with Gasteiger partial charge in [0.15, 0.2) is 0 Å². The molecule has 0 bridgehead atoms. The first-order valence-electron chi connectivity index (χ1n) is 6.60. The molecule has 110 valence electrons. The van der Waals surface area contributed by atoms with Crippen molar-refractivity contribution in [1.82, 2.24) is 4.90 Å². The van der Waals surface area contributed by atoms with Crippen LogP contribution >= 0.6 is 23.2 Å². The molecule has 0 radical (unpaired) electrons. The minimum Gasteiger partial charge on any atom is -0.398 e. The van der Waals surface area contributed by atoms with Gasteiger partial charge in [-0.2, -0.15) is 0 Å². The van der Waals surface area contributed by atoms with E-state index in [-0.39, 0.29) is 5.91 Å². The van der Waals surface area contributed by atoms with Crippen LogP contribution in [0.25, 0.3) is 0 Å². The topological polar surface area (TPSA) is 46.3 Å². The Bertz CT molecular complexity index is 658. The molecule has 0 heterocycles. The van der Waals surface area contributed by atoms with E-state index in [0.29, 0.717) is 34.4 Å². The maximum atomic E-state index is 12.6. The van der Waals surface area contributed by atoms with E-state index >= 15 is 0 Å². The summed E-state index contributed by atoms with van der Waals surface area (Å²) in [6.07, 6.45) is 0. The second kappa shape index (κ2) is 6.83. The van der Waals surface area contributed by atoms with Gasteiger partial charge in [-0.15, -0.1) is 0 Å². The molecule has 2 N–H and O–H groups in total. The number of nitrogens with zero attached hydrogens (tertiary/aromatic N) is 1. The van der Waals surface area contributed by atoms with Crippen LogP contribution in [0.1, 0.15) is 22.8 Å². The molecule has 0 unspecified atom stereocenters. The number of carbonyl (C=O) groups excluding carboxylic acids is 1. The fourth-order valence-corrected chi connectivity index (χ4v) is 2.45. The highest BCUT2D eigenvalue weighted by molar-refractivity contribution is 6.31. The maximum absolute atomic E-state index is 12.6. The highest BCUT2D eigenvalue weighted by atomic mass is 35.5. The van der Waals surface area contributed by atoms with Gasteiger partial charge in [0.1, 0.15) is 0 Å². The Balaban J connectivity index is 2.24. The molecule has 0 saturated heterocycles. The zero-order chi connectivity index (χ0) is 15.4. The number of benzene rings is 2. The Morgan fingerprint density at radius 1 is 1.14 bits per heavy atom. The van der Waals surface area contributed by atoms with Gasteiger partial charge in [-0.25, -0.2) is 0 Å². The Hall–Kier alpha value is -1.71. The van der Waals surface area contributed by atoms with E-state index < -0.39 is 0 Å². The second-order valence-corrected chi connectivity index (χ2v) is 5.55. The average molecular weight is 323 g/mol. The number of nitrogen functional groups attached to an aromatic ring is 1. The van der Waals surface area contributed by atoms with Crippen LogP contribution in [0.3, 0.4) is 0 Å². The average Bonchev–Trinajstić information content (AvgIpc) is 2.46. The van der Waals surface area contributed by atoms with Gasteiger partial charge in [-0.3, -0.25) is 4.79 Å². The van der Waals surface area contributed by atoms with Crippen molar-refractivity contribution < 1.29 is 4.79 Å². The Kier molecular flexibility index (Phi) is 5.10. The van der Waals surface area contributed by atoms with Gasteiger partial charge < -0.3 is 10.6 Å². The van der Waals surface area contributed by atoms with Crippen LogP contribution in [-0.2, 0) is 6.54 Å². The number of anilines is 1. The van der Waals surface area contributed by atoms with Crippen molar-refractivity contribution in [3.8, 4) is 0 Å². The van der Waals surface area contributed by atoms with Crippen LogP contribution in [0.2, 0.25) is 10.0 Å². The van der Waals surface area contributed by atoms with Crippen LogP contribution in [0.15, 0.2) is 42.5 Å². The van der Waals surface area contributed by atoms with E-state index in [1.807, 2.05) is 25.1 Å². The molecule has 0 atom stereocenters.